The van der Waals surface area contributed by atoms with E-state index in [0.717, 1.165) is 31.2 Å². The number of nitrogens with zero attached hydrogens (tertiary/aromatic N) is 1. The van der Waals surface area contributed by atoms with Crippen LogP contribution in [0.25, 0.3) is 0 Å². The van der Waals surface area contributed by atoms with E-state index < -0.39 is 0 Å². The van der Waals surface area contributed by atoms with E-state index in [0.29, 0.717) is 19.0 Å². The predicted octanol–water partition coefficient (Wildman–Crippen LogP) is 2.67. The molecule has 1 N–H and O–H groups in total. The van der Waals surface area contributed by atoms with Crippen LogP contribution in [0.1, 0.15) is 50.5 Å². The fourth-order valence-electron chi connectivity index (χ4n) is 3.75. The zero-order valence-corrected chi connectivity index (χ0v) is 13.7. The lowest BCUT2D eigenvalue weighted by atomic mass is 9.95. The number of nitrogens with one attached hydrogen (secondary N) is 1. The third kappa shape index (κ3) is 4.12. The minimum absolute atomic E-state index is 0.0517. The molecule has 1 aliphatic heterocycles. The van der Waals surface area contributed by atoms with Gasteiger partial charge in [-0.2, -0.15) is 0 Å². The summed E-state index contributed by atoms with van der Waals surface area (Å²) in [6.07, 6.45) is 7.93. The van der Waals surface area contributed by atoms with Crippen molar-refractivity contribution in [3.8, 4) is 0 Å². The van der Waals surface area contributed by atoms with Crippen molar-refractivity contribution < 1.29 is 9.59 Å². The van der Waals surface area contributed by atoms with Crippen molar-refractivity contribution >= 4 is 11.8 Å². The van der Waals surface area contributed by atoms with Crippen molar-refractivity contribution in [2.24, 2.45) is 0 Å². The maximum atomic E-state index is 12.6. The minimum Gasteiger partial charge on any atom is -0.352 e. The Kier molecular flexibility index (Phi) is 5.31. The summed E-state index contributed by atoms with van der Waals surface area (Å²) >= 11 is 0. The predicted molar refractivity (Wildman–Crippen MR) is 89.9 cm³/mol. The van der Waals surface area contributed by atoms with Gasteiger partial charge in [0.25, 0.3) is 0 Å². The molecule has 1 heterocycles. The average Bonchev–Trinajstić information content (AvgIpc) is 3.06. The van der Waals surface area contributed by atoms with Gasteiger partial charge in [0.1, 0.15) is 6.04 Å². The van der Waals surface area contributed by atoms with Crippen LogP contribution in [0.5, 0.6) is 0 Å². The van der Waals surface area contributed by atoms with E-state index in [1.165, 1.54) is 19.3 Å². The van der Waals surface area contributed by atoms with Crippen molar-refractivity contribution in [3.05, 3.63) is 35.9 Å². The van der Waals surface area contributed by atoms with Gasteiger partial charge in [-0.1, -0.05) is 49.6 Å². The molecule has 0 aromatic heterocycles. The highest BCUT2D eigenvalue weighted by atomic mass is 16.2. The number of amides is 2. The maximum absolute atomic E-state index is 12.6. The summed E-state index contributed by atoms with van der Waals surface area (Å²) < 4.78 is 0. The van der Waals surface area contributed by atoms with Crippen LogP contribution in [0.4, 0.5) is 0 Å². The van der Waals surface area contributed by atoms with Gasteiger partial charge in [0.2, 0.25) is 11.8 Å². The van der Waals surface area contributed by atoms with Gasteiger partial charge in [-0.3, -0.25) is 9.59 Å². The van der Waals surface area contributed by atoms with Gasteiger partial charge in [-0.25, -0.2) is 0 Å². The lowest BCUT2D eigenvalue weighted by Crippen LogP contribution is -2.49. The van der Waals surface area contributed by atoms with Crippen molar-refractivity contribution in [1.29, 1.82) is 0 Å². The molecule has 0 radical (unpaired) electrons. The lowest BCUT2D eigenvalue weighted by Gasteiger charge is -2.28. The van der Waals surface area contributed by atoms with Gasteiger partial charge in [0.05, 0.1) is 6.42 Å². The number of carbonyl (C=O) groups is 2. The zero-order chi connectivity index (χ0) is 16.1. The second-order valence-electron chi connectivity index (χ2n) is 6.75. The van der Waals surface area contributed by atoms with E-state index in [-0.39, 0.29) is 17.9 Å². The molecule has 0 unspecified atom stereocenters. The fraction of sp³-hybridized carbons (Fsp3) is 0.579. The highest BCUT2D eigenvalue weighted by Crippen LogP contribution is 2.21. The number of likely N-dealkylation sites (tertiary alicyclic amines) is 1. The van der Waals surface area contributed by atoms with Crippen LogP contribution in [0, 0.1) is 0 Å². The van der Waals surface area contributed by atoms with Crippen LogP contribution in [-0.4, -0.2) is 35.3 Å². The molecule has 4 heteroatoms. The lowest BCUT2D eigenvalue weighted by molar-refractivity contribution is -0.138. The Balaban J connectivity index is 1.58. The summed E-state index contributed by atoms with van der Waals surface area (Å²) in [7, 11) is 0. The van der Waals surface area contributed by atoms with Gasteiger partial charge in [0.15, 0.2) is 0 Å². The molecule has 3 rings (SSSR count). The topological polar surface area (TPSA) is 49.4 Å². The van der Waals surface area contributed by atoms with E-state index in [1.54, 1.807) is 4.90 Å². The highest BCUT2D eigenvalue weighted by molar-refractivity contribution is 5.89. The van der Waals surface area contributed by atoms with Gasteiger partial charge in [-0.05, 0) is 31.2 Å². The van der Waals surface area contributed by atoms with E-state index in [9.17, 15) is 9.59 Å². The Morgan fingerprint density at radius 1 is 1.00 bits per heavy atom. The van der Waals surface area contributed by atoms with E-state index in [2.05, 4.69) is 5.32 Å². The summed E-state index contributed by atoms with van der Waals surface area (Å²) in [6, 6.07) is 9.80. The first kappa shape index (κ1) is 16.0. The van der Waals surface area contributed by atoms with E-state index >= 15 is 0 Å². The van der Waals surface area contributed by atoms with Gasteiger partial charge < -0.3 is 10.2 Å². The normalized spacial score (nSPS) is 22.1. The molecular weight excluding hydrogens is 288 g/mol. The van der Waals surface area contributed by atoms with Gasteiger partial charge in [-0.15, -0.1) is 0 Å². The van der Waals surface area contributed by atoms with Crippen LogP contribution in [0.15, 0.2) is 30.3 Å². The Morgan fingerprint density at radius 3 is 2.48 bits per heavy atom. The van der Waals surface area contributed by atoms with Crippen LogP contribution in [0.3, 0.4) is 0 Å². The van der Waals surface area contributed by atoms with Gasteiger partial charge in [0, 0.05) is 12.6 Å². The van der Waals surface area contributed by atoms with Crippen molar-refractivity contribution in [1.82, 2.24) is 10.2 Å². The highest BCUT2D eigenvalue weighted by Gasteiger charge is 2.34. The standard InChI is InChI=1S/C19H26N2O2/c22-18(14-15-8-3-1-4-9-15)21-13-7-12-17(21)19(23)20-16-10-5-2-6-11-16/h1,3-4,8-9,16-17H,2,5-7,10-14H2,(H,20,23)/t17-/m0/s1. The SMILES string of the molecule is O=C(NC1CCCCC1)[C@@H]1CCCN1C(=O)Cc1ccccc1. The van der Waals surface area contributed by atoms with Crippen LogP contribution >= 0.6 is 0 Å². The molecule has 23 heavy (non-hydrogen) atoms. The Labute approximate surface area is 138 Å². The Bertz CT molecular complexity index is 538. The number of hydrogen-bond acceptors (Lipinski definition) is 2. The molecule has 2 fully saturated rings. The number of hydrogen-bond donors (Lipinski definition) is 1. The molecule has 1 aliphatic carbocycles. The maximum Gasteiger partial charge on any atom is 0.243 e. The minimum atomic E-state index is -0.270. The van der Waals surface area contributed by atoms with Crippen LogP contribution < -0.4 is 5.32 Å². The van der Waals surface area contributed by atoms with Crippen LogP contribution in [0.2, 0.25) is 0 Å². The van der Waals surface area contributed by atoms with Crippen molar-refractivity contribution in [2.45, 2.75) is 63.5 Å². The molecule has 0 bridgehead atoms. The first-order valence-corrected chi connectivity index (χ1v) is 8.88. The molecule has 124 valence electrons. The summed E-state index contributed by atoms with van der Waals surface area (Å²) in [4.78, 5) is 26.9. The first-order chi connectivity index (χ1) is 11.2. The van der Waals surface area contributed by atoms with E-state index in [1.807, 2.05) is 30.3 Å². The third-order valence-corrected chi connectivity index (χ3v) is 5.03. The van der Waals surface area contributed by atoms with Crippen molar-refractivity contribution in [3.63, 3.8) is 0 Å². The molecule has 2 amide bonds. The molecule has 1 aromatic carbocycles. The Morgan fingerprint density at radius 2 is 1.74 bits per heavy atom. The summed E-state index contributed by atoms with van der Waals surface area (Å²) in [5, 5.41) is 3.18. The smallest absolute Gasteiger partial charge is 0.243 e. The molecule has 1 atom stereocenters. The molecule has 4 nitrogen and oxygen atoms in total. The van der Waals surface area contributed by atoms with Gasteiger partial charge >= 0.3 is 0 Å². The first-order valence-electron chi connectivity index (χ1n) is 8.88. The number of carbonyl (C=O) groups excluding carboxylic acids is 2. The van der Waals surface area contributed by atoms with E-state index in [4.69, 9.17) is 0 Å². The quantitative estimate of drug-likeness (QED) is 0.929. The largest absolute Gasteiger partial charge is 0.352 e. The number of rotatable bonds is 4. The molecule has 1 aromatic rings. The molecular formula is C19H26N2O2. The fourth-order valence-corrected chi connectivity index (χ4v) is 3.75. The molecule has 1 saturated heterocycles. The molecule has 1 saturated carbocycles. The monoisotopic (exact) mass is 314 g/mol. The second kappa shape index (κ2) is 7.62. The Hall–Kier alpha value is -1.84. The average molecular weight is 314 g/mol. The zero-order valence-electron chi connectivity index (χ0n) is 13.7. The van der Waals surface area contributed by atoms with Crippen LogP contribution in [-0.2, 0) is 16.0 Å². The third-order valence-electron chi connectivity index (χ3n) is 5.03. The summed E-state index contributed by atoms with van der Waals surface area (Å²) in [5.41, 5.74) is 1.01. The summed E-state index contributed by atoms with van der Waals surface area (Å²) in [5.74, 6) is 0.119. The summed E-state index contributed by atoms with van der Waals surface area (Å²) in [6.45, 7) is 0.703. The van der Waals surface area contributed by atoms with Crippen molar-refractivity contribution in [2.75, 3.05) is 6.54 Å². The number of benzene rings is 1. The molecule has 0 spiro atoms. The molecule has 2 aliphatic rings. The second-order valence-corrected chi connectivity index (χ2v) is 6.75.